The first-order valence-electron chi connectivity index (χ1n) is 6.43. The number of benzene rings is 1. The lowest BCUT2D eigenvalue weighted by Crippen LogP contribution is -2.25. The van der Waals surface area contributed by atoms with Crippen LogP contribution in [0.15, 0.2) is 18.2 Å². The lowest BCUT2D eigenvalue weighted by Gasteiger charge is -2.23. The van der Waals surface area contributed by atoms with Gasteiger partial charge in [-0.3, -0.25) is 4.79 Å². The van der Waals surface area contributed by atoms with Gasteiger partial charge in [0.15, 0.2) is 0 Å². The highest BCUT2D eigenvalue weighted by atomic mass is 16.5. The van der Waals surface area contributed by atoms with Crippen molar-refractivity contribution in [2.75, 3.05) is 6.61 Å². The molecule has 2 atom stereocenters. The Balaban J connectivity index is 3.03. The van der Waals surface area contributed by atoms with E-state index >= 15 is 0 Å². The van der Waals surface area contributed by atoms with Crippen molar-refractivity contribution in [3.63, 3.8) is 0 Å². The average Bonchev–Trinajstić information content (AvgIpc) is 2.30. The van der Waals surface area contributed by atoms with Gasteiger partial charge in [0.2, 0.25) is 0 Å². The number of aliphatic hydroxyl groups is 1. The van der Waals surface area contributed by atoms with Crippen LogP contribution in [0.2, 0.25) is 0 Å². The third kappa shape index (κ3) is 3.10. The predicted molar refractivity (Wildman–Crippen MR) is 71.3 cm³/mol. The summed E-state index contributed by atoms with van der Waals surface area (Å²) in [7, 11) is 0. The molecule has 100 valence electrons. The van der Waals surface area contributed by atoms with E-state index in [1.807, 2.05) is 39.0 Å². The van der Waals surface area contributed by atoms with Gasteiger partial charge >= 0.3 is 5.97 Å². The second-order valence-corrected chi connectivity index (χ2v) is 4.52. The van der Waals surface area contributed by atoms with Crippen molar-refractivity contribution in [1.29, 1.82) is 0 Å². The molecule has 0 saturated carbocycles. The molecule has 0 spiro atoms. The first-order chi connectivity index (χ1) is 8.52. The third-order valence-electron chi connectivity index (χ3n) is 3.25. The zero-order valence-corrected chi connectivity index (χ0v) is 11.6. The Kier molecular flexibility index (Phi) is 5.35. The van der Waals surface area contributed by atoms with Crippen LogP contribution in [-0.2, 0) is 9.53 Å². The summed E-state index contributed by atoms with van der Waals surface area (Å²) in [6.45, 7) is 7.90. The Labute approximate surface area is 109 Å². The highest BCUT2D eigenvalue weighted by molar-refractivity contribution is 5.73. The maximum absolute atomic E-state index is 11.8. The van der Waals surface area contributed by atoms with Gasteiger partial charge in [0.1, 0.15) is 0 Å². The molecule has 0 radical (unpaired) electrons. The number of ether oxygens (including phenoxy) is 1. The van der Waals surface area contributed by atoms with E-state index in [1.165, 1.54) is 0 Å². The molecule has 1 aromatic rings. The van der Waals surface area contributed by atoms with E-state index < -0.39 is 12.0 Å². The summed E-state index contributed by atoms with van der Waals surface area (Å²) in [6.07, 6.45) is -0.233. The van der Waals surface area contributed by atoms with Crippen molar-refractivity contribution < 1.29 is 14.6 Å². The van der Waals surface area contributed by atoms with Gasteiger partial charge in [0.25, 0.3) is 0 Å². The fourth-order valence-electron chi connectivity index (χ4n) is 2.26. The molecular formula is C15H22O3. The summed E-state index contributed by atoms with van der Waals surface area (Å²) in [4.78, 5) is 11.8. The van der Waals surface area contributed by atoms with Crippen molar-refractivity contribution >= 4 is 5.97 Å². The molecule has 2 unspecified atom stereocenters. The first-order valence-corrected chi connectivity index (χ1v) is 6.43. The Morgan fingerprint density at radius 3 is 2.28 bits per heavy atom. The van der Waals surface area contributed by atoms with Crippen LogP contribution in [0, 0.1) is 19.8 Å². The summed E-state index contributed by atoms with van der Waals surface area (Å²) < 4.78 is 5.02. The number of hydrogen-bond acceptors (Lipinski definition) is 3. The van der Waals surface area contributed by atoms with Gasteiger partial charge in [-0.1, -0.05) is 25.1 Å². The average molecular weight is 250 g/mol. The fraction of sp³-hybridized carbons (Fsp3) is 0.533. The third-order valence-corrected chi connectivity index (χ3v) is 3.25. The smallest absolute Gasteiger partial charge is 0.311 e. The molecule has 1 rings (SSSR count). The number of aliphatic hydroxyl groups excluding tert-OH is 1. The molecule has 0 heterocycles. The molecule has 0 amide bonds. The fourth-order valence-corrected chi connectivity index (χ4v) is 2.26. The zero-order valence-electron chi connectivity index (χ0n) is 11.6. The van der Waals surface area contributed by atoms with Gasteiger partial charge in [0, 0.05) is 0 Å². The lowest BCUT2D eigenvalue weighted by molar-refractivity contribution is -0.152. The van der Waals surface area contributed by atoms with E-state index in [9.17, 15) is 9.90 Å². The molecule has 0 aromatic heterocycles. The van der Waals surface area contributed by atoms with Crippen molar-refractivity contribution in [1.82, 2.24) is 0 Å². The Hall–Kier alpha value is -1.35. The van der Waals surface area contributed by atoms with Gasteiger partial charge in [0.05, 0.1) is 18.6 Å². The van der Waals surface area contributed by atoms with E-state index in [1.54, 1.807) is 6.92 Å². The summed E-state index contributed by atoms with van der Waals surface area (Å²) in [5.41, 5.74) is 2.85. The molecule has 0 fully saturated rings. The largest absolute Gasteiger partial charge is 0.466 e. The molecule has 0 aliphatic heterocycles. The molecule has 0 aliphatic carbocycles. The van der Waals surface area contributed by atoms with Crippen LogP contribution in [0.5, 0.6) is 0 Å². The van der Waals surface area contributed by atoms with E-state index in [0.717, 1.165) is 16.7 Å². The Morgan fingerprint density at radius 1 is 1.28 bits per heavy atom. The van der Waals surface area contributed by atoms with Gasteiger partial charge in [-0.2, -0.15) is 0 Å². The van der Waals surface area contributed by atoms with Crippen molar-refractivity contribution in [3.8, 4) is 0 Å². The maximum Gasteiger partial charge on any atom is 0.311 e. The topological polar surface area (TPSA) is 46.5 Å². The quantitative estimate of drug-likeness (QED) is 0.817. The number of carbonyl (C=O) groups excluding carboxylic acids is 1. The summed E-state index contributed by atoms with van der Waals surface area (Å²) in [5.74, 6) is -0.820. The van der Waals surface area contributed by atoms with Crippen molar-refractivity contribution in [2.24, 2.45) is 5.92 Å². The van der Waals surface area contributed by atoms with Crippen LogP contribution in [0.1, 0.15) is 43.1 Å². The van der Waals surface area contributed by atoms with Crippen LogP contribution < -0.4 is 0 Å². The summed E-state index contributed by atoms with van der Waals surface area (Å²) >= 11 is 0. The predicted octanol–water partition coefficient (Wildman–Crippen LogP) is 2.93. The highest BCUT2D eigenvalue weighted by Crippen LogP contribution is 2.30. The monoisotopic (exact) mass is 250 g/mol. The summed E-state index contributed by atoms with van der Waals surface area (Å²) in [5, 5.41) is 10.4. The van der Waals surface area contributed by atoms with Gasteiger partial charge in [-0.15, -0.1) is 0 Å². The number of hydrogen-bond donors (Lipinski definition) is 1. The lowest BCUT2D eigenvalue weighted by atomic mass is 9.88. The first kappa shape index (κ1) is 14.7. The number of esters is 1. The molecule has 1 aromatic carbocycles. The van der Waals surface area contributed by atoms with Crippen LogP contribution in [0.25, 0.3) is 0 Å². The van der Waals surface area contributed by atoms with E-state index in [0.29, 0.717) is 13.0 Å². The minimum absolute atomic E-state index is 0.324. The molecule has 18 heavy (non-hydrogen) atoms. The second-order valence-electron chi connectivity index (χ2n) is 4.52. The number of aryl methyl sites for hydroxylation is 2. The minimum atomic E-state index is -0.796. The molecule has 3 heteroatoms. The minimum Gasteiger partial charge on any atom is -0.466 e. The standard InChI is InChI=1S/C15H22O3/c1-5-12(15(17)18-6-2)14(16)13-10(3)8-7-9-11(13)4/h7-9,12,14,16H,5-6H2,1-4H3. The molecule has 1 N–H and O–H groups in total. The number of carbonyl (C=O) groups is 1. The van der Waals surface area contributed by atoms with Crippen LogP contribution in [0.3, 0.4) is 0 Å². The van der Waals surface area contributed by atoms with Gasteiger partial charge < -0.3 is 9.84 Å². The van der Waals surface area contributed by atoms with E-state index in [2.05, 4.69) is 0 Å². The number of rotatable bonds is 5. The molecule has 0 saturated heterocycles. The summed E-state index contributed by atoms with van der Waals surface area (Å²) in [6, 6.07) is 5.85. The van der Waals surface area contributed by atoms with E-state index in [4.69, 9.17) is 4.74 Å². The van der Waals surface area contributed by atoms with Crippen molar-refractivity contribution in [2.45, 2.75) is 40.2 Å². The van der Waals surface area contributed by atoms with E-state index in [-0.39, 0.29) is 5.97 Å². The normalized spacial score (nSPS) is 14.1. The van der Waals surface area contributed by atoms with Crippen LogP contribution in [0.4, 0.5) is 0 Å². The molecule has 0 bridgehead atoms. The second kappa shape index (κ2) is 6.55. The molecule has 3 nitrogen and oxygen atoms in total. The maximum atomic E-state index is 11.8. The van der Waals surface area contributed by atoms with Crippen LogP contribution >= 0.6 is 0 Å². The van der Waals surface area contributed by atoms with Gasteiger partial charge in [-0.05, 0) is 43.9 Å². The van der Waals surface area contributed by atoms with Gasteiger partial charge in [-0.25, -0.2) is 0 Å². The van der Waals surface area contributed by atoms with Crippen LogP contribution in [-0.4, -0.2) is 17.7 Å². The Bertz CT molecular complexity index is 392. The molecular weight excluding hydrogens is 228 g/mol. The zero-order chi connectivity index (χ0) is 13.7. The SMILES string of the molecule is CCOC(=O)C(CC)C(O)c1c(C)cccc1C. The highest BCUT2D eigenvalue weighted by Gasteiger charge is 2.29. The van der Waals surface area contributed by atoms with Crippen molar-refractivity contribution in [3.05, 3.63) is 34.9 Å². The molecule has 0 aliphatic rings. The Morgan fingerprint density at radius 2 is 1.83 bits per heavy atom.